The molecule has 0 saturated carbocycles. The highest BCUT2D eigenvalue weighted by Crippen LogP contribution is 2.19. The molecule has 0 unspecified atom stereocenters. The molecule has 0 aliphatic carbocycles. The zero-order chi connectivity index (χ0) is 20.8. The van der Waals surface area contributed by atoms with E-state index in [4.69, 9.17) is 11.6 Å². The van der Waals surface area contributed by atoms with Gasteiger partial charge in [0, 0.05) is 5.02 Å². The van der Waals surface area contributed by atoms with E-state index >= 15 is 0 Å². The minimum Gasteiger partial charge on any atom is -0.345 e. The summed E-state index contributed by atoms with van der Waals surface area (Å²) in [4.78, 5) is 25.1. The Balaban J connectivity index is 1.71. The van der Waals surface area contributed by atoms with Crippen molar-refractivity contribution in [1.82, 2.24) is 5.32 Å². The SMILES string of the molecule is C[C@H](NC(=O)c1ccccc1NC(=O)Cc1ccc(Cl)cc1F)c1ccccc1. The van der Waals surface area contributed by atoms with Crippen molar-refractivity contribution in [3.05, 3.63) is 100 Å². The molecule has 1 atom stereocenters. The third-order valence-corrected chi connectivity index (χ3v) is 4.69. The second-order valence-electron chi connectivity index (χ2n) is 6.61. The normalized spacial score (nSPS) is 11.6. The van der Waals surface area contributed by atoms with E-state index in [0.29, 0.717) is 11.3 Å². The molecule has 4 nitrogen and oxygen atoms in total. The van der Waals surface area contributed by atoms with Crippen LogP contribution in [0.15, 0.2) is 72.8 Å². The molecule has 0 aliphatic heterocycles. The number of benzene rings is 3. The summed E-state index contributed by atoms with van der Waals surface area (Å²) in [6, 6.07) is 20.2. The Kier molecular flexibility index (Phi) is 6.62. The van der Waals surface area contributed by atoms with E-state index in [-0.39, 0.29) is 29.0 Å². The number of hydrogen-bond acceptors (Lipinski definition) is 2. The van der Waals surface area contributed by atoms with Crippen LogP contribution in [0, 0.1) is 5.82 Å². The Morgan fingerprint density at radius 3 is 2.41 bits per heavy atom. The molecule has 0 radical (unpaired) electrons. The van der Waals surface area contributed by atoms with E-state index in [2.05, 4.69) is 10.6 Å². The fourth-order valence-corrected chi connectivity index (χ4v) is 3.08. The summed E-state index contributed by atoms with van der Waals surface area (Å²) in [5.74, 6) is -1.28. The van der Waals surface area contributed by atoms with Gasteiger partial charge in [-0.3, -0.25) is 9.59 Å². The predicted molar refractivity (Wildman–Crippen MR) is 113 cm³/mol. The van der Waals surface area contributed by atoms with Gasteiger partial charge in [-0.2, -0.15) is 0 Å². The Morgan fingerprint density at radius 1 is 1.00 bits per heavy atom. The molecule has 0 heterocycles. The summed E-state index contributed by atoms with van der Waals surface area (Å²) < 4.78 is 13.9. The molecule has 0 saturated heterocycles. The highest BCUT2D eigenvalue weighted by atomic mass is 35.5. The molecule has 3 rings (SSSR count). The average Bonchev–Trinajstić information content (AvgIpc) is 2.71. The fourth-order valence-electron chi connectivity index (χ4n) is 2.92. The first-order chi connectivity index (χ1) is 13.9. The number of carbonyl (C=O) groups is 2. The van der Waals surface area contributed by atoms with Crippen molar-refractivity contribution in [2.45, 2.75) is 19.4 Å². The standard InChI is InChI=1S/C23H20ClFN2O2/c1-15(16-7-3-2-4-8-16)26-23(29)19-9-5-6-10-21(19)27-22(28)13-17-11-12-18(24)14-20(17)25/h2-12,14-15H,13H2,1H3,(H,26,29)(H,27,28)/t15-/m0/s1. The summed E-state index contributed by atoms with van der Waals surface area (Å²) in [5, 5.41) is 5.89. The molecule has 2 amide bonds. The first-order valence-corrected chi connectivity index (χ1v) is 9.50. The smallest absolute Gasteiger partial charge is 0.253 e. The van der Waals surface area contributed by atoms with Crippen molar-refractivity contribution in [1.29, 1.82) is 0 Å². The van der Waals surface area contributed by atoms with Gasteiger partial charge in [-0.15, -0.1) is 0 Å². The van der Waals surface area contributed by atoms with Crippen LogP contribution in [-0.4, -0.2) is 11.8 Å². The molecule has 0 bridgehead atoms. The van der Waals surface area contributed by atoms with Crippen LogP contribution in [0.3, 0.4) is 0 Å². The third-order valence-electron chi connectivity index (χ3n) is 4.46. The lowest BCUT2D eigenvalue weighted by Gasteiger charge is -2.16. The Bertz CT molecular complexity index is 1020. The van der Waals surface area contributed by atoms with E-state index in [9.17, 15) is 14.0 Å². The van der Waals surface area contributed by atoms with Crippen molar-refractivity contribution >= 4 is 29.1 Å². The Labute approximate surface area is 173 Å². The van der Waals surface area contributed by atoms with Gasteiger partial charge in [0.15, 0.2) is 0 Å². The molecule has 2 N–H and O–H groups in total. The van der Waals surface area contributed by atoms with Gasteiger partial charge < -0.3 is 10.6 Å². The maximum Gasteiger partial charge on any atom is 0.253 e. The fraction of sp³-hybridized carbons (Fsp3) is 0.130. The maximum atomic E-state index is 13.9. The topological polar surface area (TPSA) is 58.2 Å². The second-order valence-corrected chi connectivity index (χ2v) is 7.05. The van der Waals surface area contributed by atoms with Crippen molar-refractivity contribution in [2.24, 2.45) is 0 Å². The summed E-state index contributed by atoms with van der Waals surface area (Å²) in [6.07, 6.45) is -0.167. The number of rotatable bonds is 6. The van der Waals surface area contributed by atoms with Crippen LogP contribution in [0.25, 0.3) is 0 Å². The van der Waals surface area contributed by atoms with Crippen LogP contribution >= 0.6 is 11.6 Å². The van der Waals surface area contributed by atoms with Crippen molar-refractivity contribution in [3.63, 3.8) is 0 Å². The Morgan fingerprint density at radius 2 is 1.69 bits per heavy atom. The van der Waals surface area contributed by atoms with Gasteiger partial charge in [0.25, 0.3) is 5.91 Å². The van der Waals surface area contributed by atoms with Crippen LogP contribution in [-0.2, 0) is 11.2 Å². The predicted octanol–water partition coefficient (Wildman–Crippen LogP) is 5.15. The maximum absolute atomic E-state index is 13.9. The number of amides is 2. The van der Waals surface area contributed by atoms with Gasteiger partial charge in [-0.25, -0.2) is 4.39 Å². The molecule has 29 heavy (non-hydrogen) atoms. The van der Waals surface area contributed by atoms with Gasteiger partial charge in [-0.1, -0.05) is 60.1 Å². The lowest BCUT2D eigenvalue weighted by molar-refractivity contribution is -0.115. The van der Waals surface area contributed by atoms with Crippen LogP contribution in [0.2, 0.25) is 5.02 Å². The number of hydrogen-bond donors (Lipinski definition) is 2. The summed E-state index contributed by atoms with van der Waals surface area (Å²) in [7, 11) is 0. The molecular formula is C23H20ClFN2O2. The van der Waals surface area contributed by atoms with E-state index in [1.165, 1.54) is 12.1 Å². The van der Waals surface area contributed by atoms with Gasteiger partial charge in [0.1, 0.15) is 5.82 Å². The minimum absolute atomic E-state index is 0.167. The highest BCUT2D eigenvalue weighted by Gasteiger charge is 2.17. The van der Waals surface area contributed by atoms with Gasteiger partial charge >= 0.3 is 0 Å². The van der Waals surface area contributed by atoms with E-state index in [0.717, 1.165) is 11.6 Å². The lowest BCUT2D eigenvalue weighted by atomic mass is 10.1. The number of nitrogens with one attached hydrogen (secondary N) is 2. The molecule has 3 aromatic carbocycles. The van der Waals surface area contributed by atoms with E-state index in [1.807, 2.05) is 37.3 Å². The molecular weight excluding hydrogens is 391 g/mol. The van der Waals surface area contributed by atoms with Crippen molar-refractivity contribution in [3.8, 4) is 0 Å². The van der Waals surface area contributed by atoms with Crippen molar-refractivity contribution in [2.75, 3.05) is 5.32 Å². The monoisotopic (exact) mass is 410 g/mol. The van der Waals surface area contributed by atoms with Crippen LogP contribution < -0.4 is 10.6 Å². The zero-order valence-electron chi connectivity index (χ0n) is 15.8. The molecule has 3 aromatic rings. The molecule has 0 spiro atoms. The molecule has 0 aromatic heterocycles. The summed E-state index contributed by atoms with van der Waals surface area (Å²) in [5.41, 5.74) is 1.90. The quantitative estimate of drug-likeness (QED) is 0.590. The van der Waals surface area contributed by atoms with Gasteiger partial charge in [0.05, 0.1) is 23.7 Å². The zero-order valence-corrected chi connectivity index (χ0v) is 16.5. The van der Waals surface area contributed by atoms with Gasteiger partial charge in [-0.05, 0) is 42.3 Å². The first kappa shape index (κ1) is 20.6. The first-order valence-electron chi connectivity index (χ1n) is 9.12. The summed E-state index contributed by atoms with van der Waals surface area (Å²) >= 11 is 5.74. The number of para-hydroxylation sites is 1. The van der Waals surface area contributed by atoms with Crippen LogP contribution in [0.5, 0.6) is 0 Å². The van der Waals surface area contributed by atoms with E-state index < -0.39 is 11.7 Å². The van der Waals surface area contributed by atoms with Crippen LogP contribution in [0.4, 0.5) is 10.1 Å². The minimum atomic E-state index is -0.546. The Hall–Kier alpha value is -3.18. The third kappa shape index (κ3) is 5.42. The number of halogens is 2. The largest absolute Gasteiger partial charge is 0.345 e. The molecule has 0 aliphatic rings. The number of anilines is 1. The molecule has 6 heteroatoms. The van der Waals surface area contributed by atoms with E-state index in [1.54, 1.807) is 24.3 Å². The lowest BCUT2D eigenvalue weighted by Crippen LogP contribution is -2.28. The van der Waals surface area contributed by atoms with Crippen LogP contribution in [0.1, 0.15) is 34.5 Å². The molecule has 0 fully saturated rings. The molecule has 148 valence electrons. The number of carbonyl (C=O) groups excluding carboxylic acids is 2. The highest BCUT2D eigenvalue weighted by molar-refractivity contribution is 6.30. The average molecular weight is 411 g/mol. The summed E-state index contributed by atoms with van der Waals surface area (Å²) in [6.45, 7) is 1.89. The van der Waals surface area contributed by atoms with Gasteiger partial charge in [0.2, 0.25) is 5.91 Å². The second kappa shape index (κ2) is 9.34. The van der Waals surface area contributed by atoms with Crippen molar-refractivity contribution < 1.29 is 14.0 Å².